The summed E-state index contributed by atoms with van der Waals surface area (Å²) in [5.74, 6) is 0.0911. The minimum Gasteiger partial charge on any atom is -0.353 e. The molecule has 0 aliphatic rings. The SMILES string of the molecule is CCCCC(C)NC(C)C(=O)NC(C)C. The van der Waals surface area contributed by atoms with Crippen molar-refractivity contribution < 1.29 is 4.79 Å². The van der Waals surface area contributed by atoms with E-state index in [2.05, 4.69) is 24.5 Å². The van der Waals surface area contributed by atoms with E-state index in [4.69, 9.17) is 0 Å². The molecule has 3 heteroatoms. The fraction of sp³-hybridized carbons (Fsp3) is 0.917. The Morgan fingerprint density at radius 3 is 2.27 bits per heavy atom. The Morgan fingerprint density at radius 1 is 1.20 bits per heavy atom. The molecule has 0 saturated carbocycles. The smallest absolute Gasteiger partial charge is 0.237 e. The van der Waals surface area contributed by atoms with Crippen LogP contribution in [0.3, 0.4) is 0 Å². The Balaban J connectivity index is 3.80. The quantitative estimate of drug-likeness (QED) is 0.681. The van der Waals surface area contributed by atoms with Gasteiger partial charge in [0, 0.05) is 12.1 Å². The molecule has 0 bridgehead atoms. The summed E-state index contributed by atoms with van der Waals surface area (Å²) in [6.45, 7) is 10.2. The van der Waals surface area contributed by atoms with Crippen LogP contribution in [0.25, 0.3) is 0 Å². The predicted molar refractivity (Wildman–Crippen MR) is 64.9 cm³/mol. The monoisotopic (exact) mass is 214 g/mol. The van der Waals surface area contributed by atoms with E-state index >= 15 is 0 Å². The third-order valence-corrected chi connectivity index (χ3v) is 2.35. The van der Waals surface area contributed by atoms with Crippen LogP contribution >= 0.6 is 0 Å². The topological polar surface area (TPSA) is 41.1 Å². The van der Waals surface area contributed by atoms with E-state index in [1.54, 1.807) is 0 Å². The summed E-state index contributed by atoms with van der Waals surface area (Å²) >= 11 is 0. The zero-order valence-corrected chi connectivity index (χ0v) is 10.8. The number of rotatable bonds is 7. The molecular weight excluding hydrogens is 188 g/mol. The van der Waals surface area contributed by atoms with Crippen molar-refractivity contribution in [2.24, 2.45) is 0 Å². The van der Waals surface area contributed by atoms with Crippen LogP contribution in [0.5, 0.6) is 0 Å². The van der Waals surface area contributed by atoms with Crippen molar-refractivity contribution in [3.05, 3.63) is 0 Å². The molecule has 0 fully saturated rings. The summed E-state index contributed by atoms with van der Waals surface area (Å²) < 4.78 is 0. The lowest BCUT2D eigenvalue weighted by molar-refractivity contribution is -0.123. The standard InChI is InChI=1S/C12H26N2O/c1-6-7-8-10(4)14-11(5)12(15)13-9(2)3/h9-11,14H,6-8H2,1-5H3,(H,13,15). The number of nitrogens with one attached hydrogen (secondary N) is 2. The zero-order chi connectivity index (χ0) is 11.8. The first-order chi connectivity index (χ1) is 6.97. The van der Waals surface area contributed by atoms with Gasteiger partial charge in [0.2, 0.25) is 5.91 Å². The van der Waals surface area contributed by atoms with E-state index in [0.717, 1.165) is 6.42 Å². The second-order valence-electron chi connectivity index (χ2n) is 4.59. The van der Waals surface area contributed by atoms with Crippen molar-refractivity contribution in [1.82, 2.24) is 10.6 Å². The second kappa shape index (κ2) is 7.69. The van der Waals surface area contributed by atoms with Crippen molar-refractivity contribution in [2.45, 2.75) is 72.0 Å². The van der Waals surface area contributed by atoms with Crippen LogP contribution in [0.4, 0.5) is 0 Å². The molecule has 0 aliphatic heterocycles. The van der Waals surface area contributed by atoms with Crippen LogP contribution in [0.15, 0.2) is 0 Å². The largest absolute Gasteiger partial charge is 0.353 e. The van der Waals surface area contributed by atoms with Gasteiger partial charge in [-0.05, 0) is 34.1 Å². The minimum absolute atomic E-state index is 0.0911. The van der Waals surface area contributed by atoms with Crippen molar-refractivity contribution >= 4 is 5.91 Å². The average molecular weight is 214 g/mol. The Kier molecular flexibility index (Phi) is 7.39. The van der Waals surface area contributed by atoms with Gasteiger partial charge in [0.05, 0.1) is 6.04 Å². The summed E-state index contributed by atoms with van der Waals surface area (Å²) in [5, 5.41) is 6.21. The number of unbranched alkanes of at least 4 members (excludes halogenated alkanes) is 1. The molecule has 2 unspecified atom stereocenters. The summed E-state index contributed by atoms with van der Waals surface area (Å²) in [6, 6.07) is 0.532. The lowest BCUT2D eigenvalue weighted by Crippen LogP contribution is -2.47. The highest BCUT2D eigenvalue weighted by atomic mass is 16.2. The Labute approximate surface area is 94.0 Å². The average Bonchev–Trinajstić information content (AvgIpc) is 2.13. The van der Waals surface area contributed by atoms with Crippen LogP contribution in [-0.4, -0.2) is 24.0 Å². The fourth-order valence-corrected chi connectivity index (χ4v) is 1.51. The summed E-state index contributed by atoms with van der Waals surface area (Å²) in [7, 11) is 0. The lowest BCUT2D eigenvalue weighted by atomic mass is 10.1. The highest BCUT2D eigenvalue weighted by molar-refractivity contribution is 5.81. The normalized spacial score (nSPS) is 15.1. The second-order valence-corrected chi connectivity index (χ2v) is 4.59. The third-order valence-electron chi connectivity index (χ3n) is 2.35. The van der Waals surface area contributed by atoms with Gasteiger partial charge in [0.25, 0.3) is 0 Å². The van der Waals surface area contributed by atoms with E-state index in [0.29, 0.717) is 6.04 Å². The molecule has 2 N–H and O–H groups in total. The van der Waals surface area contributed by atoms with Gasteiger partial charge in [-0.3, -0.25) is 4.79 Å². The number of amides is 1. The Bertz CT molecular complexity index is 180. The molecule has 0 spiro atoms. The molecule has 1 amide bonds. The minimum atomic E-state index is -0.0979. The molecule has 0 heterocycles. The molecule has 0 saturated heterocycles. The zero-order valence-electron chi connectivity index (χ0n) is 10.8. The first-order valence-electron chi connectivity index (χ1n) is 6.03. The molecule has 0 aliphatic carbocycles. The lowest BCUT2D eigenvalue weighted by Gasteiger charge is -2.20. The first-order valence-corrected chi connectivity index (χ1v) is 6.03. The highest BCUT2D eigenvalue weighted by Crippen LogP contribution is 2.00. The molecule has 0 aromatic heterocycles. The molecule has 0 radical (unpaired) electrons. The van der Waals surface area contributed by atoms with Crippen LogP contribution in [0.2, 0.25) is 0 Å². The van der Waals surface area contributed by atoms with Gasteiger partial charge in [0.15, 0.2) is 0 Å². The van der Waals surface area contributed by atoms with Gasteiger partial charge in [0.1, 0.15) is 0 Å². The van der Waals surface area contributed by atoms with Crippen LogP contribution in [0, 0.1) is 0 Å². The Morgan fingerprint density at radius 2 is 1.80 bits per heavy atom. The van der Waals surface area contributed by atoms with Gasteiger partial charge in [-0.2, -0.15) is 0 Å². The predicted octanol–water partition coefficient (Wildman–Crippen LogP) is 2.07. The van der Waals surface area contributed by atoms with E-state index in [1.165, 1.54) is 12.8 Å². The number of hydrogen-bond acceptors (Lipinski definition) is 2. The van der Waals surface area contributed by atoms with E-state index in [-0.39, 0.29) is 18.0 Å². The molecule has 0 aromatic carbocycles. The number of carbonyl (C=O) groups excluding carboxylic acids is 1. The van der Waals surface area contributed by atoms with Gasteiger partial charge < -0.3 is 10.6 Å². The molecule has 3 nitrogen and oxygen atoms in total. The first kappa shape index (κ1) is 14.4. The summed E-state index contributed by atoms with van der Waals surface area (Å²) in [6.07, 6.45) is 3.56. The molecule has 0 rings (SSSR count). The molecular formula is C12H26N2O. The van der Waals surface area contributed by atoms with Gasteiger partial charge >= 0.3 is 0 Å². The summed E-state index contributed by atoms with van der Waals surface area (Å²) in [4.78, 5) is 11.6. The van der Waals surface area contributed by atoms with E-state index < -0.39 is 0 Å². The maximum absolute atomic E-state index is 11.6. The van der Waals surface area contributed by atoms with Gasteiger partial charge in [-0.15, -0.1) is 0 Å². The van der Waals surface area contributed by atoms with Gasteiger partial charge in [-0.1, -0.05) is 19.8 Å². The van der Waals surface area contributed by atoms with Crippen molar-refractivity contribution in [3.63, 3.8) is 0 Å². The van der Waals surface area contributed by atoms with Crippen molar-refractivity contribution in [2.75, 3.05) is 0 Å². The Hall–Kier alpha value is -0.570. The molecule has 90 valence electrons. The number of hydrogen-bond donors (Lipinski definition) is 2. The van der Waals surface area contributed by atoms with Crippen molar-refractivity contribution in [3.8, 4) is 0 Å². The van der Waals surface area contributed by atoms with Crippen LogP contribution in [0.1, 0.15) is 53.9 Å². The third kappa shape index (κ3) is 7.37. The molecule has 0 aromatic rings. The highest BCUT2D eigenvalue weighted by Gasteiger charge is 2.15. The van der Waals surface area contributed by atoms with Gasteiger partial charge in [-0.25, -0.2) is 0 Å². The maximum atomic E-state index is 11.6. The van der Waals surface area contributed by atoms with Crippen molar-refractivity contribution in [1.29, 1.82) is 0 Å². The van der Waals surface area contributed by atoms with Crippen LogP contribution in [-0.2, 0) is 4.79 Å². The number of carbonyl (C=O) groups is 1. The maximum Gasteiger partial charge on any atom is 0.237 e. The molecule has 2 atom stereocenters. The fourth-order valence-electron chi connectivity index (χ4n) is 1.51. The van der Waals surface area contributed by atoms with E-state index in [9.17, 15) is 4.79 Å². The van der Waals surface area contributed by atoms with Crippen LogP contribution < -0.4 is 10.6 Å². The van der Waals surface area contributed by atoms with E-state index in [1.807, 2.05) is 20.8 Å². The molecule has 15 heavy (non-hydrogen) atoms. The summed E-state index contributed by atoms with van der Waals surface area (Å²) in [5.41, 5.74) is 0.